The summed E-state index contributed by atoms with van der Waals surface area (Å²) in [7, 11) is 0. The molecule has 0 aliphatic carbocycles. The predicted octanol–water partition coefficient (Wildman–Crippen LogP) is 4.95. The zero-order valence-corrected chi connectivity index (χ0v) is 17.1. The first-order valence-corrected chi connectivity index (χ1v) is 9.54. The van der Waals surface area contributed by atoms with Gasteiger partial charge in [0.25, 0.3) is 0 Å². The third kappa shape index (κ3) is 6.48. The summed E-state index contributed by atoms with van der Waals surface area (Å²) in [4.78, 5) is 35.6. The molecule has 0 unspecified atom stereocenters. The summed E-state index contributed by atoms with van der Waals surface area (Å²) >= 11 is 9.45. The number of rotatable bonds is 8. The van der Waals surface area contributed by atoms with Crippen LogP contribution in [0.25, 0.3) is 0 Å². The lowest BCUT2D eigenvalue weighted by Crippen LogP contribution is -2.16. The smallest absolute Gasteiger partial charge is 0.306 e. The van der Waals surface area contributed by atoms with Gasteiger partial charge in [0.1, 0.15) is 0 Å². The molecule has 0 aliphatic heterocycles. The first-order chi connectivity index (χ1) is 12.9. The number of amides is 1. The van der Waals surface area contributed by atoms with Crippen molar-refractivity contribution >= 4 is 50.9 Å². The number of ketones is 1. The molecule has 0 fully saturated rings. The predicted molar refractivity (Wildman–Crippen MR) is 108 cm³/mol. The maximum atomic E-state index is 12.0. The molecule has 142 valence electrons. The van der Waals surface area contributed by atoms with E-state index in [0.29, 0.717) is 22.7 Å². The SMILES string of the molecule is Cc1c(NC(=O)CCCC(=O)OCC(=O)c2ccccc2)ccc(Br)c1Cl. The molecular weight excluding hydrogens is 434 g/mol. The van der Waals surface area contributed by atoms with Crippen molar-refractivity contribution in [3.8, 4) is 0 Å². The van der Waals surface area contributed by atoms with Crippen LogP contribution in [0.2, 0.25) is 5.02 Å². The van der Waals surface area contributed by atoms with Gasteiger partial charge >= 0.3 is 5.97 Å². The minimum atomic E-state index is -0.505. The number of benzene rings is 2. The van der Waals surface area contributed by atoms with E-state index in [1.54, 1.807) is 42.5 Å². The van der Waals surface area contributed by atoms with Gasteiger partial charge in [-0.05, 0) is 47.0 Å². The number of esters is 1. The quantitative estimate of drug-likeness (QED) is 0.454. The van der Waals surface area contributed by atoms with E-state index in [2.05, 4.69) is 21.2 Å². The molecule has 1 amide bonds. The van der Waals surface area contributed by atoms with Crippen molar-refractivity contribution in [1.82, 2.24) is 0 Å². The number of nitrogens with one attached hydrogen (secondary N) is 1. The van der Waals surface area contributed by atoms with Gasteiger partial charge < -0.3 is 10.1 Å². The second kappa shape index (κ2) is 10.2. The van der Waals surface area contributed by atoms with Crippen LogP contribution in [-0.4, -0.2) is 24.3 Å². The molecule has 2 aromatic carbocycles. The largest absolute Gasteiger partial charge is 0.457 e. The molecule has 2 aromatic rings. The fourth-order valence-corrected chi connectivity index (χ4v) is 2.91. The van der Waals surface area contributed by atoms with Crippen LogP contribution in [0, 0.1) is 6.92 Å². The average molecular weight is 453 g/mol. The van der Waals surface area contributed by atoms with Gasteiger partial charge in [-0.2, -0.15) is 0 Å². The maximum absolute atomic E-state index is 12.0. The Morgan fingerprint density at radius 3 is 2.48 bits per heavy atom. The second-order valence-electron chi connectivity index (χ2n) is 5.89. The van der Waals surface area contributed by atoms with Gasteiger partial charge in [0.05, 0.1) is 5.02 Å². The van der Waals surface area contributed by atoms with Gasteiger partial charge in [-0.1, -0.05) is 41.9 Å². The number of Topliss-reactive ketones (excluding diaryl/α,β-unsaturated/α-hetero) is 1. The zero-order chi connectivity index (χ0) is 19.8. The Kier molecular flexibility index (Phi) is 8.00. The number of carbonyl (C=O) groups excluding carboxylic acids is 3. The molecule has 5 nitrogen and oxygen atoms in total. The van der Waals surface area contributed by atoms with Gasteiger partial charge in [0.15, 0.2) is 12.4 Å². The molecule has 0 saturated heterocycles. The highest BCUT2D eigenvalue weighted by molar-refractivity contribution is 9.10. The average Bonchev–Trinajstić information content (AvgIpc) is 2.67. The third-order valence-electron chi connectivity index (χ3n) is 3.86. The van der Waals surface area contributed by atoms with Gasteiger partial charge in [-0.3, -0.25) is 14.4 Å². The highest BCUT2D eigenvalue weighted by Gasteiger charge is 2.12. The molecule has 0 atom stereocenters. The van der Waals surface area contributed by atoms with Gasteiger partial charge in [-0.25, -0.2) is 0 Å². The molecule has 0 bridgehead atoms. The number of hydrogen-bond acceptors (Lipinski definition) is 4. The fraction of sp³-hybridized carbons (Fsp3) is 0.250. The van der Waals surface area contributed by atoms with Gasteiger partial charge in [0.2, 0.25) is 5.91 Å². The van der Waals surface area contributed by atoms with Crippen molar-refractivity contribution in [3.63, 3.8) is 0 Å². The van der Waals surface area contributed by atoms with Crippen LogP contribution in [0.1, 0.15) is 35.2 Å². The normalized spacial score (nSPS) is 10.3. The van der Waals surface area contributed by atoms with Crippen LogP contribution in [-0.2, 0) is 14.3 Å². The summed E-state index contributed by atoms with van der Waals surface area (Å²) in [5, 5.41) is 3.31. The summed E-state index contributed by atoms with van der Waals surface area (Å²) in [6, 6.07) is 12.1. The van der Waals surface area contributed by atoms with E-state index in [9.17, 15) is 14.4 Å². The molecule has 27 heavy (non-hydrogen) atoms. The zero-order valence-electron chi connectivity index (χ0n) is 14.8. The molecule has 7 heteroatoms. The lowest BCUT2D eigenvalue weighted by Gasteiger charge is -2.10. The van der Waals surface area contributed by atoms with E-state index >= 15 is 0 Å². The Bertz CT molecular complexity index is 839. The minimum Gasteiger partial charge on any atom is -0.457 e. The molecular formula is C20H19BrClNO4. The number of anilines is 1. The number of ether oxygens (including phenoxy) is 1. The van der Waals surface area contributed by atoms with E-state index in [4.69, 9.17) is 16.3 Å². The molecule has 1 N–H and O–H groups in total. The molecule has 0 spiro atoms. The van der Waals surface area contributed by atoms with Crippen molar-refractivity contribution < 1.29 is 19.1 Å². The summed E-state index contributed by atoms with van der Waals surface area (Å²) in [5.41, 5.74) is 1.88. The van der Waals surface area contributed by atoms with Crippen LogP contribution >= 0.6 is 27.5 Å². The Hall–Kier alpha value is -2.18. The van der Waals surface area contributed by atoms with Crippen molar-refractivity contribution in [2.75, 3.05) is 11.9 Å². The van der Waals surface area contributed by atoms with Gasteiger partial charge in [0, 0.05) is 28.6 Å². The van der Waals surface area contributed by atoms with Crippen LogP contribution in [0.4, 0.5) is 5.69 Å². The van der Waals surface area contributed by atoms with E-state index in [1.807, 2.05) is 6.92 Å². The number of hydrogen-bond donors (Lipinski definition) is 1. The molecule has 0 aliphatic rings. The Balaban J connectivity index is 1.71. The molecule has 0 heterocycles. The van der Waals surface area contributed by atoms with E-state index in [-0.39, 0.29) is 31.1 Å². The molecule has 0 saturated carbocycles. The first kappa shape index (κ1) is 21.1. The van der Waals surface area contributed by atoms with Crippen molar-refractivity contribution in [2.45, 2.75) is 26.2 Å². The third-order valence-corrected chi connectivity index (χ3v) is 5.23. The monoisotopic (exact) mass is 451 g/mol. The van der Waals surface area contributed by atoms with E-state index in [0.717, 1.165) is 10.0 Å². The Morgan fingerprint density at radius 1 is 1.07 bits per heavy atom. The van der Waals surface area contributed by atoms with Crippen molar-refractivity contribution in [3.05, 3.63) is 63.1 Å². The summed E-state index contributed by atoms with van der Waals surface area (Å²) in [5.74, 6) is -0.983. The highest BCUT2D eigenvalue weighted by atomic mass is 79.9. The van der Waals surface area contributed by atoms with Crippen molar-refractivity contribution in [1.29, 1.82) is 0 Å². The highest BCUT2D eigenvalue weighted by Crippen LogP contribution is 2.31. The minimum absolute atomic E-state index is 0.0650. The summed E-state index contributed by atoms with van der Waals surface area (Å²) in [6.07, 6.45) is 0.553. The van der Waals surface area contributed by atoms with Crippen LogP contribution < -0.4 is 5.32 Å². The second-order valence-corrected chi connectivity index (χ2v) is 7.12. The molecule has 2 rings (SSSR count). The topological polar surface area (TPSA) is 72.5 Å². The molecule has 0 radical (unpaired) electrons. The Labute approximate surface area is 171 Å². The lowest BCUT2D eigenvalue weighted by atomic mass is 10.1. The van der Waals surface area contributed by atoms with E-state index < -0.39 is 5.97 Å². The summed E-state index contributed by atoms with van der Waals surface area (Å²) in [6.45, 7) is 1.51. The number of halogens is 2. The molecule has 0 aromatic heterocycles. The van der Waals surface area contributed by atoms with Crippen LogP contribution in [0.5, 0.6) is 0 Å². The van der Waals surface area contributed by atoms with Crippen molar-refractivity contribution in [2.24, 2.45) is 0 Å². The standard InChI is InChI=1S/C20H19BrClNO4/c1-13-16(11-10-15(21)20(13)22)23-18(25)8-5-9-19(26)27-12-17(24)14-6-3-2-4-7-14/h2-4,6-7,10-11H,5,8-9,12H2,1H3,(H,23,25). The van der Waals surface area contributed by atoms with Crippen LogP contribution in [0.15, 0.2) is 46.9 Å². The lowest BCUT2D eigenvalue weighted by molar-refractivity contribution is -0.142. The summed E-state index contributed by atoms with van der Waals surface area (Å²) < 4.78 is 5.72. The van der Waals surface area contributed by atoms with E-state index in [1.165, 1.54) is 0 Å². The van der Waals surface area contributed by atoms with Crippen LogP contribution in [0.3, 0.4) is 0 Å². The fourth-order valence-electron chi connectivity index (χ4n) is 2.32. The first-order valence-electron chi connectivity index (χ1n) is 8.37. The van der Waals surface area contributed by atoms with Gasteiger partial charge in [-0.15, -0.1) is 0 Å². The number of carbonyl (C=O) groups is 3. The Morgan fingerprint density at radius 2 is 1.78 bits per heavy atom. The maximum Gasteiger partial charge on any atom is 0.306 e.